The molecule has 6 nitrogen and oxygen atoms in total. The van der Waals surface area contributed by atoms with Crippen LogP contribution in [0, 0.1) is 0 Å². The number of carbonyl (C=O) groups excluding carboxylic acids is 1. The van der Waals surface area contributed by atoms with E-state index in [2.05, 4.69) is 15.7 Å². The molecular formula is C16H21ClN4O2. The van der Waals surface area contributed by atoms with Crippen LogP contribution in [-0.2, 0) is 7.05 Å². The molecule has 0 unspecified atom stereocenters. The van der Waals surface area contributed by atoms with Crippen LogP contribution in [0.1, 0.15) is 36.6 Å². The second-order valence-corrected chi connectivity index (χ2v) is 5.77. The standard InChI is InChI=1S/C16H21ClN4O2/c1-3-14(11-5-4-6-13(17)7-11)20-16(23)18-9-15(22)12-8-19-21(2)10-12/h4-8,10,14-15,22H,3,9H2,1-2H3,(H2,18,20,23)/t14-,15-/m0/s1. The fourth-order valence-electron chi connectivity index (χ4n) is 2.27. The van der Waals surface area contributed by atoms with Crippen molar-refractivity contribution < 1.29 is 9.90 Å². The first-order valence-electron chi connectivity index (χ1n) is 7.46. The summed E-state index contributed by atoms with van der Waals surface area (Å²) in [6.45, 7) is 2.10. The summed E-state index contributed by atoms with van der Waals surface area (Å²) in [5.41, 5.74) is 1.61. The summed E-state index contributed by atoms with van der Waals surface area (Å²) in [6, 6.07) is 6.93. The van der Waals surface area contributed by atoms with E-state index < -0.39 is 6.10 Å². The molecule has 1 aromatic heterocycles. The normalized spacial score (nSPS) is 13.4. The van der Waals surface area contributed by atoms with Crippen LogP contribution in [0.25, 0.3) is 0 Å². The van der Waals surface area contributed by atoms with Gasteiger partial charge >= 0.3 is 6.03 Å². The molecule has 2 rings (SSSR count). The number of rotatable bonds is 6. The zero-order valence-electron chi connectivity index (χ0n) is 13.2. The van der Waals surface area contributed by atoms with E-state index >= 15 is 0 Å². The van der Waals surface area contributed by atoms with E-state index in [4.69, 9.17) is 11.6 Å². The Bertz CT molecular complexity index is 659. The van der Waals surface area contributed by atoms with Crippen molar-refractivity contribution in [3.63, 3.8) is 0 Å². The maximum atomic E-state index is 12.0. The Hall–Kier alpha value is -2.05. The van der Waals surface area contributed by atoms with Crippen LogP contribution in [0.5, 0.6) is 0 Å². The van der Waals surface area contributed by atoms with Gasteiger partial charge in [0.1, 0.15) is 0 Å². The Labute approximate surface area is 140 Å². The lowest BCUT2D eigenvalue weighted by Crippen LogP contribution is -2.39. The van der Waals surface area contributed by atoms with Crippen molar-refractivity contribution in [1.29, 1.82) is 0 Å². The summed E-state index contributed by atoms with van der Waals surface area (Å²) in [5.74, 6) is 0. The number of amides is 2. The number of urea groups is 1. The fraction of sp³-hybridized carbons (Fsp3) is 0.375. The zero-order valence-corrected chi connectivity index (χ0v) is 13.9. The highest BCUT2D eigenvalue weighted by molar-refractivity contribution is 6.30. The van der Waals surface area contributed by atoms with Crippen molar-refractivity contribution in [3.8, 4) is 0 Å². The predicted molar refractivity (Wildman–Crippen MR) is 89.2 cm³/mol. The number of carbonyl (C=O) groups is 1. The molecule has 2 amide bonds. The second kappa shape index (κ2) is 7.99. The number of aliphatic hydroxyl groups is 1. The second-order valence-electron chi connectivity index (χ2n) is 5.33. The maximum absolute atomic E-state index is 12.0. The first-order valence-corrected chi connectivity index (χ1v) is 7.83. The Kier molecular flexibility index (Phi) is 6.01. The van der Waals surface area contributed by atoms with Gasteiger partial charge in [0.2, 0.25) is 0 Å². The molecule has 0 aliphatic rings. The first kappa shape index (κ1) is 17.3. The molecule has 0 spiro atoms. The van der Waals surface area contributed by atoms with E-state index in [9.17, 15) is 9.90 Å². The van der Waals surface area contributed by atoms with E-state index in [1.165, 1.54) is 0 Å². The molecule has 2 aromatic rings. The van der Waals surface area contributed by atoms with Crippen molar-refractivity contribution in [2.75, 3.05) is 6.54 Å². The van der Waals surface area contributed by atoms with Crippen molar-refractivity contribution in [1.82, 2.24) is 20.4 Å². The number of hydrogen-bond acceptors (Lipinski definition) is 3. The van der Waals surface area contributed by atoms with Gasteiger partial charge in [-0.3, -0.25) is 4.68 Å². The predicted octanol–water partition coefficient (Wildman–Crippen LogP) is 2.56. The number of aromatic nitrogens is 2. The molecular weight excluding hydrogens is 316 g/mol. The number of aryl methyl sites for hydroxylation is 1. The minimum absolute atomic E-state index is 0.115. The highest BCUT2D eigenvalue weighted by atomic mass is 35.5. The van der Waals surface area contributed by atoms with Crippen LogP contribution in [-0.4, -0.2) is 27.5 Å². The average molecular weight is 337 g/mol. The summed E-state index contributed by atoms with van der Waals surface area (Å²) in [6.07, 6.45) is 3.23. The van der Waals surface area contributed by atoms with Gasteiger partial charge in [-0.15, -0.1) is 0 Å². The van der Waals surface area contributed by atoms with Crippen molar-refractivity contribution in [3.05, 3.63) is 52.8 Å². The van der Waals surface area contributed by atoms with Gasteiger partial charge in [0, 0.05) is 30.4 Å². The van der Waals surface area contributed by atoms with Gasteiger partial charge in [0.25, 0.3) is 0 Å². The smallest absolute Gasteiger partial charge is 0.315 e. The van der Waals surface area contributed by atoms with Crippen LogP contribution in [0.2, 0.25) is 5.02 Å². The lowest BCUT2D eigenvalue weighted by molar-refractivity contribution is 0.172. The minimum atomic E-state index is -0.791. The van der Waals surface area contributed by atoms with Gasteiger partial charge in [-0.1, -0.05) is 30.7 Å². The summed E-state index contributed by atoms with van der Waals surface area (Å²) >= 11 is 5.99. The summed E-state index contributed by atoms with van der Waals surface area (Å²) in [7, 11) is 1.77. The third-order valence-corrected chi connectivity index (χ3v) is 3.77. The number of halogens is 1. The van der Waals surface area contributed by atoms with E-state index in [0.717, 1.165) is 12.0 Å². The number of hydrogen-bond donors (Lipinski definition) is 3. The highest BCUT2D eigenvalue weighted by Gasteiger charge is 2.15. The average Bonchev–Trinajstić information content (AvgIpc) is 2.97. The van der Waals surface area contributed by atoms with Gasteiger partial charge in [0.15, 0.2) is 0 Å². The number of nitrogens with one attached hydrogen (secondary N) is 2. The summed E-state index contributed by atoms with van der Waals surface area (Å²) < 4.78 is 1.60. The Morgan fingerprint density at radius 3 is 2.83 bits per heavy atom. The van der Waals surface area contributed by atoms with E-state index in [-0.39, 0.29) is 18.6 Å². The van der Waals surface area contributed by atoms with Gasteiger partial charge in [0.05, 0.1) is 18.3 Å². The lowest BCUT2D eigenvalue weighted by Gasteiger charge is -2.19. The molecule has 1 heterocycles. The molecule has 0 aliphatic carbocycles. The quantitative estimate of drug-likeness (QED) is 0.758. The maximum Gasteiger partial charge on any atom is 0.315 e. The molecule has 3 N–H and O–H groups in total. The van der Waals surface area contributed by atoms with E-state index in [1.807, 2.05) is 25.1 Å². The number of benzene rings is 1. The minimum Gasteiger partial charge on any atom is -0.386 e. The molecule has 0 aliphatic heterocycles. The van der Waals surface area contributed by atoms with Gasteiger partial charge in [-0.2, -0.15) is 5.10 Å². The lowest BCUT2D eigenvalue weighted by atomic mass is 10.1. The fourth-order valence-corrected chi connectivity index (χ4v) is 2.47. The van der Waals surface area contributed by atoms with E-state index in [0.29, 0.717) is 10.6 Å². The molecule has 0 fully saturated rings. The monoisotopic (exact) mass is 336 g/mol. The van der Waals surface area contributed by atoms with Crippen LogP contribution >= 0.6 is 11.6 Å². The van der Waals surface area contributed by atoms with Gasteiger partial charge in [-0.25, -0.2) is 4.79 Å². The molecule has 0 radical (unpaired) electrons. The molecule has 7 heteroatoms. The van der Waals surface area contributed by atoms with Gasteiger partial charge in [-0.05, 0) is 24.1 Å². The van der Waals surface area contributed by atoms with Gasteiger partial charge < -0.3 is 15.7 Å². The largest absolute Gasteiger partial charge is 0.386 e. The number of aliphatic hydroxyl groups excluding tert-OH is 1. The van der Waals surface area contributed by atoms with Crippen LogP contribution in [0.15, 0.2) is 36.7 Å². The van der Waals surface area contributed by atoms with E-state index in [1.54, 1.807) is 30.2 Å². The molecule has 0 bridgehead atoms. The number of nitrogens with zero attached hydrogens (tertiary/aromatic N) is 2. The summed E-state index contributed by atoms with van der Waals surface area (Å²) in [5, 5.41) is 20.2. The molecule has 0 saturated carbocycles. The third kappa shape index (κ3) is 4.97. The SMILES string of the molecule is CC[C@H](NC(=O)NC[C@H](O)c1cnn(C)c1)c1cccc(Cl)c1. The Balaban J connectivity index is 1.88. The Morgan fingerprint density at radius 1 is 1.43 bits per heavy atom. The van der Waals surface area contributed by atoms with Crippen LogP contribution in [0.3, 0.4) is 0 Å². The van der Waals surface area contributed by atoms with Crippen molar-refractivity contribution in [2.45, 2.75) is 25.5 Å². The highest BCUT2D eigenvalue weighted by Crippen LogP contribution is 2.20. The van der Waals surface area contributed by atoms with Crippen molar-refractivity contribution >= 4 is 17.6 Å². The molecule has 2 atom stereocenters. The Morgan fingerprint density at radius 2 is 2.22 bits per heavy atom. The molecule has 0 saturated heterocycles. The topological polar surface area (TPSA) is 79.2 Å². The molecule has 1 aromatic carbocycles. The zero-order chi connectivity index (χ0) is 16.8. The van der Waals surface area contributed by atoms with Crippen molar-refractivity contribution in [2.24, 2.45) is 7.05 Å². The van der Waals surface area contributed by atoms with Crippen LogP contribution in [0.4, 0.5) is 4.79 Å². The first-order chi connectivity index (χ1) is 11.0. The van der Waals surface area contributed by atoms with Crippen LogP contribution < -0.4 is 10.6 Å². The summed E-state index contributed by atoms with van der Waals surface area (Å²) in [4.78, 5) is 12.0. The third-order valence-electron chi connectivity index (χ3n) is 3.53. The molecule has 124 valence electrons. The molecule has 23 heavy (non-hydrogen) atoms.